The van der Waals surface area contributed by atoms with Crippen molar-refractivity contribution in [3.8, 4) is 0 Å². The van der Waals surface area contributed by atoms with Crippen molar-refractivity contribution in [1.82, 2.24) is 5.32 Å². The molecule has 1 aromatic carbocycles. The van der Waals surface area contributed by atoms with Gasteiger partial charge in [0.15, 0.2) is 11.6 Å². The van der Waals surface area contributed by atoms with E-state index < -0.39 is 29.3 Å². The van der Waals surface area contributed by atoms with Crippen LogP contribution in [0.1, 0.15) is 29.1 Å². The highest BCUT2D eigenvalue weighted by molar-refractivity contribution is 5.94. The maximum absolute atomic E-state index is 13.5. The highest BCUT2D eigenvalue weighted by Gasteiger charge is 2.17. The molecule has 1 heterocycles. The Kier molecular flexibility index (Phi) is 3.99. The number of amides is 1. The predicted molar refractivity (Wildman–Crippen MR) is 68.8 cm³/mol. The normalized spacial score (nSPS) is 12.0. The van der Waals surface area contributed by atoms with Gasteiger partial charge in [0, 0.05) is 5.56 Å². The van der Waals surface area contributed by atoms with Crippen molar-refractivity contribution >= 4 is 11.6 Å². The second-order valence-corrected chi connectivity index (χ2v) is 4.17. The number of hydrogen-bond donors (Lipinski definition) is 3. The standard InChI is InChI=1S/C13H13F2N3O2/c1-7(11-3-2-4-20-11)17-13(19)8-5-9(14)12(18-16)10(15)6-8/h2-7,18H,16H2,1H3,(H,17,19). The van der Waals surface area contributed by atoms with Crippen LogP contribution in [0.4, 0.5) is 14.5 Å². The van der Waals surface area contributed by atoms with Crippen LogP contribution in [0.3, 0.4) is 0 Å². The van der Waals surface area contributed by atoms with Gasteiger partial charge >= 0.3 is 0 Å². The highest BCUT2D eigenvalue weighted by Crippen LogP contribution is 2.20. The first-order valence-electron chi connectivity index (χ1n) is 5.83. The van der Waals surface area contributed by atoms with Gasteiger partial charge in [-0.1, -0.05) is 0 Å². The van der Waals surface area contributed by atoms with Gasteiger partial charge in [0.25, 0.3) is 5.91 Å². The Bertz CT molecular complexity index is 591. The molecule has 0 saturated carbocycles. The number of hydrogen-bond acceptors (Lipinski definition) is 4. The first kappa shape index (κ1) is 14.0. The van der Waals surface area contributed by atoms with Gasteiger partial charge in [0.05, 0.1) is 12.3 Å². The molecule has 0 fully saturated rings. The highest BCUT2D eigenvalue weighted by atomic mass is 19.1. The number of carbonyl (C=O) groups excluding carboxylic acids is 1. The van der Waals surface area contributed by atoms with Gasteiger partial charge in [-0.3, -0.25) is 10.6 Å². The first-order chi connectivity index (χ1) is 9.52. The molecule has 1 amide bonds. The molecule has 1 unspecified atom stereocenters. The van der Waals surface area contributed by atoms with Crippen molar-refractivity contribution in [2.45, 2.75) is 13.0 Å². The summed E-state index contributed by atoms with van der Waals surface area (Å²) in [5, 5.41) is 2.57. The van der Waals surface area contributed by atoms with Gasteiger partial charge in [-0.2, -0.15) is 0 Å². The lowest BCUT2D eigenvalue weighted by atomic mass is 10.1. The fraction of sp³-hybridized carbons (Fsp3) is 0.154. The van der Waals surface area contributed by atoms with Gasteiger partial charge in [-0.25, -0.2) is 8.78 Å². The Hall–Kier alpha value is -2.41. The number of nitrogens with two attached hydrogens (primary N) is 1. The van der Waals surface area contributed by atoms with Crippen LogP contribution in [0, 0.1) is 11.6 Å². The molecule has 0 aliphatic carbocycles. The molecule has 0 bridgehead atoms. The molecular weight excluding hydrogens is 268 g/mol. The van der Waals surface area contributed by atoms with E-state index in [2.05, 4.69) is 5.32 Å². The lowest BCUT2D eigenvalue weighted by molar-refractivity contribution is 0.0934. The fourth-order valence-corrected chi connectivity index (χ4v) is 1.73. The summed E-state index contributed by atoms with van der Waals surface area (Å²) in [4.78, 5) is 11.9. The van der Waals surface area contributed by atoms with Crippen LogP contribution in [0.5, 0.6) is 0 Å². The third-order valence-electron chi connectivity index (χ3n) is 2.77. The predicted octanol–water partition coefficient (Wildman–Crippen LogP) is 2.33. The molecule has 1 aromatic heterocycles. The van der Waals surface area contributed by atoms with Gasteiger partial charge in [0.2, 0.25) is 0 Å². The minimum absolute atomic E-state index is 0.141. The van der Waals surface area contributed by atoms with Crippen LogP contribution < -0.4 is 16.6 Å². The molecule has 0 aliphatic heterocycles. The molecule has 2 rings (SSSR count). The zero-order valence-corrected chi connectivity index (χ0v) is 10.6. The third kappa shape index (κ3) is 2.77. The molecule has 20 heavy (non-hydrogen) atoms. The summed E-state index contributed by atoms with van der Waals surface area (Å²) in [6.45, 7) is 1.69. The van der Waals surface area contributed by atoms with Gasteiger partial charge in [-0.05, 0) is 31.2 Å². The van der Waals surface area contributed by atoms with E-state index in [1.165, 1.54) is 6.26 Å². The van der Waals surface area contributed by atoms with E-state index in [4.69, 9.17) is 10.3 Å². The van der Waals surface area contributed by atoms with E-state index in [1.807, 2.05) is 5.43 Å². The van der Waals surface area contributed by atoms with Crippen molar-refractivity contribution in [2.75, 3.05) is 5.43 Å². The van der Waals surface area contributed by atoms with Gasteiger partial charge in [0.1, 0.15) is 11.4 Å². The molecule has 2 aromatic rings. The van der Waals surface area contributed by atoms with Crippen molar-refractivity contribution in [1.29, 1.82) is 0 Å². The van der Waals surface area contributed by atoms with Crippen LogP contribution in [0.25, 0.3) is 0 Å². The summed E-state index contributed by atoms with van der Waals surface area (Å²) < 4.78 is 32.1. The largest absolute Gasteiger partial charge is 0.467 e. The maximum Gasteiger partial charge on any atom is 0.252 e. The Morgan fingerprint density at radius 3 is 2.50 bits per heavy atom. The van der Waals surface area contributed by atoms with Crippen molar-refractivity contribution in [3.63, 3.8) is 0 Å². The van der Waals surface area contributed by atoms with Crippen LogP contribution in [0.2, 0.25) is 0 Å². The number of benzene rings is 1. The van der Waals surface area contributed by atoms with Crippen LogP contribution >= 0.6 is 0 Å². The quantitative estimate of drug-likeness (QED) is 0.593. The molecule has 0 aliphatic rings. The monoisotopic (exact) mass is 281 g/mol. The molecule has 0 spiro atoms. The summed E-state index contributed by atoms with van der Waals surface area (Å²) in [7, 11) is 0. The first-order valence-corrected chi connectivity index (χ1v) is 5.83. The van der Waals surface area contributed by atoms with E-state index in [0.29, 0.717) is 5.76 Å². The average molecular weight is 281 g/mol. The third-order valence-corrected chi connectivity index (χ3v) is 2.77. The van der Waals surface area contributed by atoms with Crippen molar-refractivity contribution in [2.24, 2.45) is 5.84 Å². The molecule has 7 heteroatoms. The number of nitrogen functional groups attached to an aromatic ring is 1. The van der Waals surface area contributed by atoms with Crippen LogP contribution in [0.15, 0.2) is 34.9 Å². The maximum atomic E-state index is 13.5. The van der Waals surface area contributed by atoms with E-state index in [9.17, 15) is 13.6 Å². The Balaban J connectivity index is 2.17. The zero-order valence-electron chi connectivity index (χ0n) is 10.6. The van der Waals surface area contributed by atoms with Crippen molar-refractivity contribution in [3.05, 3.63) is 53.5 Å². The second kappa shape index (κ2) is 5.70. The average Bonchev–Trinajstić information content (AvgIpc) is 2.92. The number of hydrazine groups is 1. The summed E-state index contributed by atoms with van der Waals surface area (Å²) in [6, 6.07) is 4.76. The van der Waals surface area contributed by atoms with E-state index in [-0.39, 0.29) is 5.56 Å². The number of carbonyl (C=O) groups is 1. The lowest BCUT2D eigenvalue weighted by Crippen LogP contribution is -2.26. The molecule has 0 radical (unpaired) electrons. The Morgan fingerprint density at radius 2 is 2.00 bits per heavy atom. The topological polar surface area (TPSA) is 80.3 Å². The summed E-state index contributed by atoms with van der Waals surface area (Å²) in [6.07, 6.45) is 1.47. The zero-order chi connectivity index (χ0) is 14.7. The van der Waals surface area contributed by atoms with Gasteiger partial charge < -0.3 is 15.2 Å². The lowest BCUT2D eigenvalue weighted by Gasteiger charge is -2.12. The van der Waals surface area contributed by atoms with Crippen LogP contribution in [-0.4, -0.2) is 5.91 Å². The molecular formula is C13H13F2N3O2. The number of halogens is 2. The van der Waals surface area contributed by atoms with Crippen LogP contribution in [-0.2, 0) is 0 Å². The fourth-order valence-electron chi connectivity index (χ4n) is 1.73. The molecule has 4 N–H and O–H groups in total. The Labute approximate surface area is 113 Å². The Morgan fingerprint density at radius 1 is 1.35 bits per heavy atom. The molecule has 0 saturated heterocycles. The smallest absolute Gasteiger partial charge is 0.252 e. The number of anilines is 1. The second-order valence-electron chi connectivity index (χ2n) is 4.17. The van der Waals surface area contributed by atoms with E-state index in [1.54, 1.807) is 19.1 Å². The van der Waals surface area contributed by atoms with Gasteiger partial charge in [-0.15, -0.1) is 0 Å². The van der Waals surface area contributed by atoms with Crippen molar-refractivity contribution < 1.29 is 18.0 Å². The number of rotatable bonds is 4. The summed E-state index contributed by atoms with van der Waals surface area (Å²) in [5.41, 5.74) is 1.27. The number of furan rings is 1. The van der Waals surface area contributed by atoms with E-state index in [0.717, 1.165) is 12.1 Å². The molecule has 106 valence electrons. The SMILES string of the molecule is CC(NC(=O)c1cc(F)c(NN)c(F)c1)c1ccco1. The molecule has 1 atom stereocenters. The minimum atomic E-state index is -0.941. The number of nitrogens with one attached hydrogen (secondary N) is 2. The minimum Gasteiger partial charge on any atom is -0.467 e. The van der Waals surface area contributed by atoms with E-state index >= 15 is 0 Å². The summed E-state index contributed by atoms with van der Waals surface area (Å²) >= 11 is 0. The molecule has 5 nitrogen and oxygen atoms in total. The summed E-state index contributed by atoms with van der Waals surface area (Å²) in [5.74, 6) is 3.02.